The Balaban J connectivity index is 4.03. The number of carbonyl (C=O) groups excluding carboxylic acids is 2. The fraction of sp³-hybridized carbons (Fsp3) is 0.800. The van der Waals surface area contributed by atoms with Crippen molar-refractivity contribution in [2.75, 3.05) is 40.6 Å². The van der Waals surface area contributed by atoms with Crippen LogP contribution in [-0.4, -0.2) is 61.6 Å². The Bertz CT molecular complexity index is 255. The molecule has 0 amide bonds. The topological polar surface area (TPSA) is 89.5 Å². The second-order valence-electron chi connectivity index (χ2n) is 3.29. The molecule has 0 N–H and O–H groups in total. The van der Waals surface area contributed by atoms with Gasteiger partial charge >= 0.3 is 21.0 Å². The summed E-state index contributed by atoms with van der Waals surface area (Å²) in [5.74, 6) is -0.803. The molecule has 0 bridgehead atoms. The maximum absolute atomic E-state index is 10.6. The van der Waals surface area contributed by atoms with E-state index in [9.17, 15) is 9.59 Å². The minimum absolute atomic E-state index is 0.0735. The minimum Gasteiger partial charge on any atom is -0.463 e. The Morgan fingerprint density at radius 1 is 0.789 bits per heavy atom. The SMILES string of the molecule is CO[Si](OC)(OCCOC(C)=O)OCCOC(C)=O. The molecule has 0 saturated heterocycles. The van der Waals surface area contributed by atoms with Crippen LogP contribution in [0.1, 0.15) is 13.8 Å². The molecule has 0 aromatic heterocycles. The first-order valence-electron chi connectivity index (χ1n) is 5.60. The smallest absolute Gasteiger partial charge is 0.463 e. The minimum atomic E-state index is -3.27. The number of esters is 2. The summed E-state index contributed by atoms with van der Waals surface area (Å²) in [5, 5.41) is 0. The molecule has 0 unspecified atom stereocenters. The lowest BCUT2D eigenvalue weighted by Crippen LogP contribution is -2.48. The van der Waals surface area contributed by atoms with E-state index in [-0.39, 0.29) is 26.4 Å². The highest BCUT2D eigenvalue weighted by Crippen LogP contribution is 2.09. The summed E-state index contributed by atoms with van der Waals surface area (Å²) in [6.07, 6.45) is 0. The van der Waals surface area contributed by atoms with Crippen molar-refractivity contribution in [1.82, 2.24) is 0 Å². The van der Waals surface area contributed by atoms with Crippen molar-refractivity contribution in [3.05, 3.63) is 0 Å². The molecule has 0 spiro atoms. The van der Waals surface area contributed by atoms with Crippen molar-refractivity contribution in [2.45, 2.75) is 13.8 Å². The predicted octanol–water partition coefficient (Wildman–Crippen LogP) is -0.126. The normalized spacial score (nSPS) is 11.2. The van der Waals surface area contributed by atoms with Gasteiger partial charge in [0.25, 0.3) is 0 Å². The van der Waals surface area contributed by atoms with E-state index in [1.807, 2.05) is 0 Å². The molecule has 0 atom stereocenters. The van der Waals surface area contributed by atoms with Gasteiger partial charge < -0.3 is 27.2 Å². The molecule has 0 saturated carbocycles. The summed E-state index contributed by atoms with van der Waals surface area (Å²) in [4.78, 5) is 21.1. The molecule has 19 heavy (non-hydrogen) atoms. The lowest BCUT2D eigenvalue weighted by molar-refractivity contribution is -0.143. The van der Waals surface area contributed by atoms with Crippen LogP contribution in [0.2, 0.25) is 0 Å². The zero-order valence-electron chi connectivity index (χ0n) is 11.6. The molecular formula is C10H20O8Si. The second-order valence-corrected chi connectivity index (χ2v) is 5.68. The van der Waals surface area contributed by atoms with Crippen molar-refractivity contribution >= 4 is 21.0 Å². The van der Waals surface area contributed by atoms with E-state index in [0.717, 1.165) is 0 Å². The van der Waals surface area contributed by atoms with E-state index in [1.54, 1.807) is 0 Å². The number of carbonyl (C=O) groups is 2. The van der Waals surface area contributed by atoms with E-state index in [0.29, 0.717) is 0 Å². The molecule has 8 nitrogen and oxygen atoms in total. The van der Waals surface area contributed by atoms with Gasteiger partial charge in [-0.3, -0.25) is 9.59 Å². The molecule has 112 valence electrons. The standard InChI is InChI=1S/C10H20O8Si/c1-9(11)15-5-7-17-19(13-3,14-4)18-8-6-16-10(2)12/h5-8H2,1-4H3. The molecule has 9 heteroatoms. The van der Waals surface area contributed by atoms with Crippen LogP contribution in [-0.2, 0) is 36.8 Å². The van der Waals surface area contributed by atoms with Crippen molar-refractivity contribution in [2.24, 2.45) is 0 Å². The molecule has 0 radical (unpaired) electrons. The maximum atomic E-state index is 10.6. The highest BCUT2D eigenvalue weighted by Gasteiger charge is 2.43. The molecule has 0 aliphatic carbocycles. The Kier molecular flexibility index (Phi) is 9.34. The van der Waals surface area contributed by atoms with Crippen LogP contribution >= 0.6 is 0 Å². The molecule has 0 heterocycles. The molecule has 0 aliphatic rings. The maximum Gasteiger partial charge on any atom is 0.679 e. The summed E-state index contributed by atoms with van der Waals surface area (Å²) in [6.45, 7) is 2.91. The van der Waals surface area contributed by atoms with Crippen LogP contribution < -0.4 is 0 Å². The van der Waals surface area contributed by atoms with Gasteiger partial charge in [0, 0.05) is 28.1 Å². The third kappa shape index (κ3) is 8.67. The van der Waals surface area contributed by atoms with Gasteiger partial charge in [-0.25, -0.2) is 0 Å². The molecule has 0 aromatic carbocycles. The number of rotatable bonds is 10. The second kappa shape index (κ2) is 9.87. The van der Waals surface area contributed by atoms with E-state index < -0.39 is 21.0 Å². The zero-order chi connectivity index (χ0) is 14.7. The summed E-state index contributed by atoms with van der Waals surface area (Å²) in [5.41, 5.74) is 0. The average Bonchev–Trinajstić information content (AvgIpc) is 2.37. The van der Waals surface area contributed by atoms with Gasteiger partial charge in [-0.2, -0.15) is 0 Å². The Labute approximate surface area is 113 Å². The van der Waals surface area contributed by atoms with E-state index in [4.69, 9.17) is 27.2 Å². The fourth-order valence-corrected chi connectivity index (χ4v) is 2.45. The first-order chi connectivity index (χ1) is 8.95. The fourth-order valence-electron chi connectivity index (χ4n) is 1.06. The lowest BCUT2D eigenvalue weighted by atomic mass is 10.7. The largest absolute Gasteiger partial charge is 0.679 e. The molecule has 0 aliphatic heterocycles. The number of hydrogen-bond acceptors (Lipinski definition) is 8. The molecule has 0 rings (SSSR count). The van der Waals surface area contributed by atoms with Gasteiger partial charge in [-0.15, -0.1) is 0 Å². The van der Waals surface area contributed by atoms with Crippen molar-refractivity contribution in [3.8, 4) is 0 Å². The summed E-state index contributed by atoms with van der Waals surface area (Å²) < 4.78 is 30.3. The van der Waals surface area contributed by atoms with Crippen LogP contribution in [0.4, 0.5) is 0 Å². The van der Waals surface area contributed by atoms with Crippen LogP contribution in [0.5, 0.6) is 0 Å². The monoisotopic (exact) mass is 296 g/mol. The summed E-state index contributed by atoms with van der Waals surface area (Å²) in [6, 6.07) is 0. The zero-order valence-corrected chi connectivity index (χ0v) is 12.6. The number of hydrogen-bond donors (Lipinski definition) is 0. The number of ether oxygens (including phenoxy) is 2. The van der Waals surface area contributed by atoms with Gasteiger partial charge in [-0.1, -0.05) is 0 Å². The van der Waals surface area contributed by atoms with Gasteiger partial charge in [0.1, 0.15) is 13.2 Å². The first-order valence-corrected chi connectivity index (χ1v) is 7.24. The Hall–Kier alpha value is -1.00. The van der Waals surface area contributed by atoms with Crippen molar-refractivity contribution in [1.29, 1.82) is 0 Å². The third-order valence-corrected chi connectivity index (χ3v) is 3.95. The first kappa shape index (κ1) is 18.0. The van der Waals surface area contributed by atoms with Crippen LogP contribution in [0.15, 0.2) is 0 Å². The highest BCUT2D eigenvalue weighted by molar-refractivity contribution is 6.53. The van der Waals surface area contributed by atoms with Crippen LogP contribution in [0, 0.1) is 0 Å². The Morgan fingerprint density at radius 3 is 1.42 bits per heavy atom. The highest BCUT2D eigenvalue weighted by atomic mass is 28.4. The molecule has 0 aromatic rings. The summed E-state index contributed by atoms with van der Waals surface area (Å²) >= 11 is 0. The van der Waals surface area contributed by atoms with Crippen LogP contribution in [0.3, 0.4) is 0 Å². The van der Waals surface area contributed by atoms with Crippen molar-refractivity contribution in [3.63, 3.8) is 0 Å². The lowest BCUT2D eigenvalue weighted by Gasteiger charge is -2.24. The van der Waals surface area contributed by atoms with Gasteiger partial charge in [0.15, 0.2) is 0 Å². The van der Waals surface area contributed by atoms with Gasteiger partial charge in [-0.05, 0) is 0 Å². The van der Waals surface area contributed by atoms with Gasteiger partial charge in [0.2, 0.25) is 0 Å². The summed E-state index contributed by atoms with van der Waals surface area (Å²) in [7, 11) is -0.505. The third-order valence-electron chi connectivity index (χ3n) is 1.83. The van der Waals surface area contributed by atoms with E-state index in [2.05, 4.69) is 0 Å². The van der Waals surface area contributed by atoms with Crippen molar-refractivity contribution < 1.29 is 36.8 Å². The Morgan fingerprint density at radius 2 is 1.16 bits per heavy atom. The van der Waals surface area contributed by atoms with Crippen LogP contribution in [0.25, 0.3) is 0 Å². The van der Waals surface area contributed by atoms with E-state index >= 15 is 0 Å². The van der Waals surface area contributed by atoms with Gasteiger partial charge in [0.05, 0.1) is 13.2 Å². The quantitative estimate of drug-likeness (QED) is 0.313. The molecule has 0 fully saturated rings. The molecular weight excluding hydrogens is 276 g/mol. The average molecular weight is 296 g/mol. The van der Waals surface area contributed by atoms with E-state index in [1.165, 1.54) is 28.1 Å². The predicted molar refractivity (Wildman–Crippen MR) is 64.9 cm³/mol.